The van der Waals surface area contributed by atoms with E-state index in [0.29, 0.717) is 12.3 Å². The minimum atomic E-state index is -0.604. The van der Waals surface area contributed by atoms with Gasteiger partial charge in [-0.1, -0.05) is 0 Å². The van der Waals surface area contributed by atoms with E-state index >= 15 is 0 Å². The predicted octanol–water partition coefficient (Wildman–Crippen LogP) is 3.00. The Balaban J connectivity index is 1.29. The van der Waals surface area contributed by atoms with Crippen molar-refractivity contribution >= 4 is 5.65 Å². The molecule has 0 bridgehead atoms. The average molecular weight is 404 g/mol. The van der Waals surface area contributed by atoms with Gasteiger partial charge in [-0.25, -0.2) is 0 Å². The SMILES string of the molecule is Cc1ccc(C(O)CN2CCC(c3nnc4ccc(-c5cccnc5)nn34)CC2)o1. The molecule has 0 saturated carbocycles. The van der Waals surface area contributed by atoms with Crippen LogP contribution in [0.5, 0.6) is 0 Å². The van der Waals surface area contributed by atoms with Gasteiger partial charge in [0.15, 0.2) is 11.5 Å². The van der Waals surface area contributed by atoms with Crippen LogP contribution in [0.3, 0.4) is 0 Å². The number of likely N-dealkylation sites (tertiary alicyclic amines) is 1. The van der Waals surface area contributed by atoms with Gasteiger partial charge in [0.05, 0.1) is 5.69 Å². The van der Waals surface area contributed by atoms with Gasteiger partial charge in [-0.3, -0.25) is 4.98 Å². The summed E-state index contributed by atoms with van der Waals surface area (Å²) in [5, 5.41) is 24.0. The van der Waals surface area contributed by atoms with Crippen molar-refractivity contribution in [2.24, 2.45) is 0 Å². The van der Waals surface area contributed by atoms with E-state index in [0.717, 1.165) is 54.4 Å². The summed E-state index contributed by atoms with van der Waals surface area (Å²) in [5.74, 6) is 2.64. The fourth-order valence-corrected chi connectivity index (χ4v) is 4.07. The average Bonchev–Trinajstić information content (AvgIpc) is 3.41. The van der Waals surface area contributed by atoms with E-state index in [1.807, 2.05) is 54.0 Å². The van der Waals surface area contributed by atoms with Crippen LogP contribution in [0, 0.1) is 6.92 Å². The van der Waals surface area contributed by atoms with E-state index in [1.54, 1.807) is 6.20 Å². The topological polar surface area (TPSA) is 92.6 Å². The number of fused-ring (bicyclic) bond motifs is 1. The highest BCUT2D eigenvalue weighted by Crippen LogP contribution is 2.29. The van der Waals surface area contributed by atoms with Crippen molar-refractivity contribution in [1.82, 2.24) is 29.7 Å². The molecule has 154 valence electrons. The molecule has 1 aliphatic rings. The maximum atomic E-state index is 10.4. The third-order valence-corrected chi connectivity index (χ3v) is 5.72. The highest BCUT2D eigenvalue weighted by molar-refractivity contribution is 5.58. The second-order valence-corrected chi connectivity index (χ2v) is 7.83. The Bertz CT molecular complexity index is 1130. The van der Waals surface area contributed by atoms with Crippen LogP contribution in [0.15, 0.2) is 53.2 Å². The van der Waals surface area contributed by atoms with Crippen molar-refractivity contribution in [3.05, 3.63) is 66.1 Å². The maximum Gasteiger partial charge on any atom is 0.177 e. The first kappa shape index (κ1) is 18.9. The molecule has 1 fully saturated rings. The van der Waals surface area contributed by atoms with E-state index in [9.17, 15) is 5.11 Å². The van der Waals surface area contributed by atoms with Gasteiger partial charge in [0.25, 0.3) is 0 Å². The Labute approximate surface area is 174 Å². The van der Waals surface area contributed by atoms with Crippen LogP contribution in [-0.4, -0.2) is 54.4 Å². The van der Waals surface area contributed by atoms with E-state index < -0.39 is 6.10 Å². The second kappa shape index (κ2) is 7.97. The molecule has 0 radical (unpaired) electrons. The molecular weight excluding hydrogens is 380 g/mol. The predicted molar refractivity (Wildman–Crippen MR) is 111 cm³/mol. The molecule has 8 nitrogen and oxygen atoms in total. The minimum Gasteiger partial charge on any atom is -0.464 e. The van der Waals surface area contributed by atoms with Gasteiger partial charge in [0.1, 0.15) is 17.6 Å². The zero-order chi connectivity index (χ0) is 20.5. The standard InChI is InChI=1S/C22H24N6O2/c1-15-4-6-20(30-15)19(29)14-27-11-8-16(9-12-27)22-25-24-21-7-5-18(26-28(21)22)17-3-2-10-23-13-17/h2-7,10,13,16,19,29H,8-9,11-12,14H2,1H3. The number of nitrogens with zero attached hydrogens (tertiary/aromatic N) is 6. The molecule has 1 N–H and O–H groups in total. The molecule has 0 aromatic carbocycles. The lowest BCUT2D eigenvalue weighted by Gasteiger charge is -2.31. The smallest absolute Gasteiger partial charge is 0.177 e. The molecule has 1 saturated heterocycles. The number of aryl methyl sites for hydroxylation is 1. The van der Waals surface area contributed by atoms with E-state index in [2.05, 4.69) is 20.1 Å². The van der Waals surface area contributed by atoms with Crippen molar-refractivity contribution in [2.75, 3.05) is 19.6 Å². The number of aliphatic hydroxyl groups is 1. The lowest BCUT2D eigenvalue weighted by atomic mass is 9.96. The molecule has 5 rings (SSSR count). The zero-order valence-electron chi connectivity index (χ0n) is 16.8. The Kier molecular flexibility index (Phi) is 5.02. The first-order chi connectivity index (χ1) is 14.7. The van der Waals surface area contributed by atoms with Crippen LogP contribution >= 0.6 is 0 Å². The highest BCUT2D eigenvalue weighted by atomic mass is 16.4. The van der Waals surface area contributed by atoms with Gasteiger partial charge in [-0.05, 0) is 69.3 Å². The normalized spacial score (nSPS) is 16.9. The quantitative estimate of drug-likeness (QED) is 0.547. The fourth-order valence-electron chi connectivity index (χ4n) is 4.07. The lowest BCUT2D eigenvalue weighted by Crippen LogP contribution is -2.36. The van der Waals surface area contributed by atoms with Gasteiger partial charge in [-0.15, -0.1) is 10.2 Å². The van der Waals surface area contributed by atoms with Crippen LogP contribution in [0.4, 0.5) is 0 Å². The summed E-state index contributed by atoms with van der Waals surface area (Å²) in [7, 11) is 0. The molecule has 4 aromatic heterocycles. The van der Waals surface area contributed by atoms with Gasteiger partial charge in [-0.2, -0.15) is 9.61 Å². The summed E-state index contributed by atoms with van der Waals surface area (Å²) in [6.45, 7) is 4.24. The van der Waals surface area contributed by atoms with Crippen molar-refractivity contribution in [1.29, 1.82) is 0 Å². The Hall–Kier alpha value is -3.10. The third-order valence-electron chi connectivity index (χ3n) is 5.72. The Morgan fingerprint density at radius 2 is 2.00 bits per heavy atom. The number of pyridine rings is 1. The molecule has 0 amide bonds. The molecule has 30 heavy (non-hydrogen) atoms. The van der Waals surface area contributed by atoms with Gasteiger partial charge in [0, 0.05) is 30.4 Å². The van der Waals surface area contributed by atoms with Crippen molar-refractivity contribution in [3.63, 3.8) is 0 Å². The number of piperidine rings is 1. The minimum absolute atomic E-state index is 0.288. The number of rotatable bonds is 5. The summed E-state index contributed by atoms with van der Waals surface area (Å²) in [5.41, 5.74) is 2.57. The van der Waals surface area contributed by atoms with Crippen molar-refractivity contribution < 1.29 is 9.52 Å². The monoisotopic (exact) mass is 404 g/mol. The number of hydrogen-bond acceptors (Lipinski definition) is 7. The first-order valence-corrected chi connectivity index (χ1v) is 10.3. The van der Waals surface area contributed by atoms with Crippen molar-refractivity contribution in [3.8, 4) is 11.3 Å². The summed E-state index contributed by atoms with van der Waals surface area (Å²) >= 11 is 0. The molecule has 4 aromatic rings. The van der Waals surface area contributed by atoms with Gasteiger partial charge < -0.3 is 14.4 Å². The molecule has 1 atom stereocenters. The third kappa shape index (κ3) is 3.71. The van der Waals surface area contributed by atoms with Crippen LogP contribution in [0.2, 0.25) is 0 Å². The summed E-state index contributed by atoms with van der Waals surface area (Å²) in [6, 6.07) is 11.5. The Morgan fingerprint density at radius 3 is 2.73 bits per heavy atom. The first-order valence-electron chi connectivity index (χ1n) is 10.3. The number of β-amino-alcohol motifs (C(OH)–C–C–N with tert-alkyl or cyclic N) is 1. The molecule has 0 spiro atoms. The van der Waals surface area contributed by atoms with Crippen LogP contribution in [0.25, 0.3) is 16.9 Å². The van der Waals surface area contributed by atoms with Gasteiger partial charge in [0.2, 0.25) is 0 Å². The zero-order valence-corrected chi connectivity index (χ0v) is 16.8. The Morgan fingerprint density at radius 1 is 1.13 bits per heavy atom. The summed E-state index contributed by atoms with van der Waals surface area (Å²) in [6.07, 6.45) is 4.85. The lowest BCUT2D eigenvalue weighted by molar-refractivity contribution is 0.0803. The molecule has 1 aliphatic heterocycles. The second-order valence-electron chi connectivity index (χ2n) is 7.83. The number of aromatic nitrogens is 5. The fraction of sp³-hybridized carbons (Fsp3) is 0.364. The number of hydrogen-bond donors (Lipinski definition) is 1. The largest absolute Gasteiger partial charge is 0.464 e. The van der Waals surface area contributed by atoms with Crippen LogP contribution in [0.1, 0.15) is 42.2 Å². The number of aliphatic hydroxyl groups excluding tert-OH is 1. The van der Waals surface area contributed by atoms with Gasteiger partial charge >= 0.3 is 0 Å². The molecule has 5 heterocycles. The molecule has 0 aliphatic carbocycles. The van der Waals surface area contributed by atoms with Crippen molar-refractivity contribution in [2.45, 2.75) is 31.8 Å². The molecular formula is C22H24N6O2. The highest BCUT2D eigenvalue weighted by Gasteiger charge is 2.27. The molecule has 8 heteroatoms. The number of furan rings is 1. The van der Waals surface area contributed by atoms with Crippen LogP contribution < -0.4 is 0 Å². The van der Waals surface area contributed by atoms with E-state index in [-0.39, 0.29) is 5.92 Å². The van der Waals surface area contributed by atoms with E-state index in [1.165, 1.54) is 0 Å². The van der Waals surface area contributed by atoms with E-state index in [4.69, 9.17) is 9.52 Å². The summed E-state index contributed by atoms with van der Waals surface area (Å²) < 4.78 is 7.42. The maximum absolute atomic E-state index is 10.4. The van der Waals surface area contributed by atoms with Crippen LogP contribution in [-0.2, 0) is 0 Å². The molecule has 1 unspecified atom stereocenters. The summed E-state index contributed by atoms with van der Waals surface area (Å²) in [4.78, 5) is 6.46.